The summed E-state index contributed by atoms with van der Waals surface area (Å²) in [7, 11) is 2.94. The van der Waals surface area contributed by atoms with Crippen molar-refractivity contribution in [3.05, 3.63) is 50.6 Å². The third-order valence-corrected chi connectivity index (χ3v) is 10.9. The molecule has 0 radical (unpaired) electrons. The van der Waals surface area contributed by atoms with Crippen LogP contribution in [0.25, 0.3) is 0 Å². The van der Waals surface area contributed by atoms with Crippen LogP contribution in [0.5, 0.6) is 6.01 Å². The molecule has 2 saturated heterocycles. The molecule has 0 aliphatic carbocycles. The number of amides is 1. The van der Waals surface area contributed by atoms with Crippen molar-refractivity contribution < 1.29 is 27.1 Å². The molecule has 3 aromatic heterocycles. The highest BCUT2D eigenvalue weighted by atomic mass is 35.5. The zero-order chi connectivity index (χ0) is 35.7. The van der Waals surface area contributed by atoms with Crippen molar-refractivity contribution in [1.29, 1.82) is 0 Å². The number of carbonyl (C=O) groups excluding carboxylic acids is 1. The number of ether oxygens (including phenoxy) is 1. The number of nitrogens with zero attached hydrogens (tertiary/aromatic N) is 7. The quantitative estimate of drug-likeness (QED) is 0.273. The molecule has 0 aromatic carbocycles. The SMILES string of the molecule is CC#Cc1cc(N)nc(C2Cc3nc(OC)nc(N4CCCn5nc(C(=O)NC)c(Cl)c5C4)c3CS2)c1C(F)(F)F.FC1CC2CCCN2C1. The molecular formula is C33H38ClF4N9O2S. The van der Waals surface area contributed by atoms with E-state index in [4.69, 9.17) is 22.1 Å². The van der Waals surface area contributed by atoms with Gasteiger partial charge in [-0.25, -0.2) is 9.37 Å². The molecule has 0 bridgehead atoms. The maximum absolute atomic E-state index is 14.3. The largest absolute Gasteiger partial charge is 0.467 e. The number of aryl methyl sites for hydroxylation is 1. The fourth-order valence-electron chi connectivity index (χ4n) is 7.06. The van der Waals surface area contributed by atoms with Crippen LogP contribution in [-0.2, 0) is 31.4 Å². The first-order valence-corrected chi connectivity index (χ1v) is 17.8. The first-order valence-electron chi connectivity index (χ1n) is 16.4. The summed E-state index contributed by atoms with van der Waals surface area (Å²) in [4.78, 5) is 29.8. The van der Waals surface area contributed by atoms with E-state index in [-0.39, 0.29) is 46.1 Å². The van der Waals surface area contributed by atoms with Gasteiger partial charge in [0.1, 0.15) is 17.8 Å². The Balaban J connectivity index is 0.000000412. The Morgan fingerprint density at radius 2 is 2.00 bits per heavy atom. The fourth-order valence-corrected chi connectivity index (χ4v) is 8.61. The molecule has 3 unspecified atom stereocenters. The van der Waals surface area contributed by atoms with Gasteiger partial charge in [0.05, 0.1) is 46.6 Å². The number of thioether (sulfide) groups is 1. The molecule has 7 heterocycles. The van der Waals surface area contributed by atoms with Crippen LogP contribution in [0.2, 0.25) is 5.02 Å². The maximum atomic E-state index is 14.3. The van der Waals surface area contributed by atoms with E-state index in [1.54, 1.807) is 4.68 Å². The number of nitrogens with one attached hydrogen (secondary N) is 1. The Morgan fingerprint density at radius 1 is 1.20 bits per heavy atom. The van der Waals surface area contributed by atoms with E-state index in [1.807, 2.05) is 4.90 Å². The van der Waals surface area contributed by atoms with Crippen LogP contribution >= 0.6 is 23.4 Å². The minimum Gasteiger partial charge on any atom is -0.467 e. The van der Waals surface area contributed by atoms with Crippen LogP contribution in [0, 0.1) is 11.8 Å². The Labute approximate surface area is 296 Å². The van der Waals surface area contributed by atoms with Crippen molar-refractivity contribution in [2.75, 3.05) is 44.4 Å². The lowest BCUT2D eigenvalue weighted by atomic mass is 9.99. The summed E-state index contributed by atoms with van der Waals surface area (Å²) in [6.07, 6.45) is -1.02. The molecular weight excluding hydrogens is 698 g/mol. The van der Waals surface area contributed by atoms with E-state index < -0.39 is 23.2 Å². The molecule has 3 N–H and O–H groups in total. The number of pyridine rings is 1. The smallest absolute Gasteiger partial charge is 0.419 e. The minimum absolute atomic E-state index is 0.0349. The van der Waals surface area contributed by atoms with Crippen LogP contribution in [0.4, 0.5) is 29.2 Å². The van der Waals surface area contributed by atoms with Crippen LogP contribution in [0.1, 0.15) is 82.1 Å². The van der Waals surface area contributed by atoms with Crippen LogP contribution < -0.4 is 20.7 Å². The number of fused-ring (bicyclic) bond motifs is 3. The van der Waals surface area contributed by atoms with E-state index in [9.17, 15) is 22.4 Å². The normalized spacial score (nSPS) is 21.5. The van der Waals surface area contributed by atoms with Gasteiger partial charge in [0, 0.05) is 56.0 Å². The van der Waals surface area contributed by atoms with Gasteiger partial charge in [-0.1, -0.05) is 17.5 Å². The molecule has 1 amide bonds. The molecule has 2 fully saturated rings. The highest BCUT2D eigenvalue weighted by Crippen LogP contribution is 2.47. The van der Waals surface area contributed by atoms with Crippen molar-refractivity contribution in [2.45, 2.75) is 81.5 Å². The monoisotopic (exact) mass is 735 g/mol. The molecule has 50 heavy (non-hydrogen) atoms. The summed E-state index contributed by atoms with van der Waals surface area (Å²) in [5.41, 5.74) is 6.82. The van der Waals surface area contributed by atoms with Gasteiger partial charge in [-0.2, -0.15) is 28.2 Å². The standard InChI is InChI=1S/C26H26ClF3N8O2S.C7H12FN/c1-4-6-13-9-18(31)34-21(19(13)26(28,29)30)17-10-15-14(12-41-17)23(35-25(33-15)40-3)37-7-5-8-38-16(11-37)20(27)22(36-38)24(39)32-2;8-6-4-7-2-1-3-9(7)5-6/h9,17H,5,7-8,10-12H2,1-3H3,(H2,31,34)(H,32,39);6-7H,1-5H2. The first-order chi connectivity index (χ1) is 23.9. The molecule has 11 nitrogen and oxygen atoms in total. The van der Waals surface area contributed by atoms with Crippen LogP contribution in [0.3, 0.4) is 0 Å². The lowest BCUT2D eigenvalue weighted by molar-refractivity contribution is -0.138. The number of aromatic nitrogens is 5. The van der Waals surface area contributed by atoms with Gasteiger partial charge < -0.3 is 20.7 Å². The van der Waals surface area contributed by atoms with Crippen molar-refractivity contribution in [3.8, 4) is 17.9 Å². The summed E-state index contributed by atoms with van der Waals surface area (Å²) in [6, 6.07) is 1.85. The second kappa shape index (κ2) is 14.8. The Morgan fingerprint density at radius 3 is 2.70 bits per heavy atom. The second-order valence-corrected chi connectivity index (χ2v) is 14.1. The van der Waals surface area contributed by atoms with Crippen molar-refractivity contribution in [3.63, 3.8) is 0 Å². The van der Waals surface area contributed by atoms with Gasteiger partial charge in [-0.3, -0.25) is 14.4 Å². The Kier molecular flexibility index (Phi) is 10.7. The number of carbonyl (C=O) groups is 1. The second-order valence-electron chi connectivity index (χ2n) is 12.5. The summed E-state index contributed by atoms with van der Waals surface area (Å²) < 4.78 is 62.5. The van der Waals surface area contributed by atoms with E-state index in [2.05, 4.69) is 42.1 Å². The van der Waals surface area contributed by atoms with E-state index >= 15 is 0 Å². The van der Waals surface area contributed by atoms with Gasteiger partial charge in [-0.15, -0.1) is 17.7 Å². The fraction of sp³-hybridized carbons (Fsp3) is 0.545. The zero-order valence-electron chi connectivity index (χ0n) is 27.9. The number of nitrogen functional groups attached to an aromatic ring is 1. The van der Waals surface area contributed by atoms with E-state index in [1.165, 1.54) is 45.7 Å². The summed E-state index contributed by atoms with van der Waals surface area (Å²) >= 11 is 7.89. The predicted octanol–water partition coefficient (Wildman–Crippen LogP) is 5.20. The zero-order valence-corrected chi connectivity index (χ0v) is 29.5. The highest BCUT2D eigenvalue weighted by Gasteiger charge is 2.41. The third-order valence-electron chi connectivity index (χ3n) is 9.29. The number of alkyl halides is 4. The number of halogens is 5. The lowest BCUT2D eigenvalue weighted by Crippen LogP contribution is -2.28. The molecule has 0 saturated carbocycles. The topological polar surface area (TPSA) is 127 Å². The van der Waals surface area contributed by atoms with Crippen LogP contribution in [0.15, 0.2) is 6.07 Å². The number of nitrogens with two attached hydrogens (primary N) is 1. The number of hydrogen-bond acceptors (Lipinski definition) is 10. The van der Waals surface area contributed by atoms with Gasteiger partial charge in [-0.05, 0) is 45.2 Å². The molecule has 0 spiro atoms. The Bertz CT molecular complexity index is 1820. The molecule has 17 heteroatoms. The van der Waals surface area contributed by atoms with Crippen LogP contribution in [-0.4, -0.2) is 81.5 Å². The minimum atomic E-state index is -4.67. The first kappa shape index (κ1) is 36.0. The molecule has 7 rings (SSSR count). The summed E-state index contributed by atoms with van der Waals surface area (Å²) in [6.45, 7) is 4.79. The third kappa shape index (κ3) is 7.31. The number of rotatable bonds is 4. The van der Waals surface area contributed by atoms with Gasteiger partial charge in [0.2, 0.25) is 0 Å². The van der Waals surface area contributed by atoms with Crippen molar-refractivity contribution in [2.24, 2.45) is 0 Å². The molecule has 3 aromatic rings. The predicted molar refractivity (Wildman–Crippen MR) is 183 cm³/mol. The molecule has 3 atom stereocenters. The molecule has 4 aliphatic heterocycles. The van der Waals surface area contributed by atoms with E-state index in [0.717, 1.165) is 24.6 Å². The molecule has 4 aliphatic rings. The van der Waals surface area contributed by atoms with Gasteiger partial charge >= 0.3 is 12.2 Å². The van der Waals surface area contributed by atoms with Gasteiger partial charge in [0.15, 0.2) is 5.69 Å². The summed E-state index contributed by atoms with van der Waals surface area (Å²) in [5.74, 6) is 5.57. The number of methoxy groups -OCH3 is 1. The Hall–Kier alpha value is -3.81. The average molecular weight is 736 g/mol. The van der Waals surface area contributed by atoms with Gasteiger partial charge in [0.25, 0.3) is 5.91 Å². The highest BCUT2D eigenvalue weighted by molar-refractivity contribution is 7.98. The summed E-state index contributed by atoms with van der Waals surface area (Å²) in [5, 5.41) is 6.53. The number of hydrogen-bond donors (Lipinski definition) is 2. The lowest BCUT2D eigenvalue weighted by Gasteiger charge is -2.30. The van der Waals surface area contributed by atoms with Crippen molar-refractivity contribution in [1.82, 2.24) is 34.9 Å². The van der Waals surface area contributed by atoms with Crippen molar-refractivity contribution >= 4 is 40.9 Å². The average Bonchev–Trinajstić information content (AvgIpc) is 3.70. The van der Waals surface area contributed by atoms with E-state index in [0.29, 0.717) is 61.6 Å². The molecule has 268 valence electrons. The maximum Gasteiger partial charge on any atom is 0.419 e. The number of anilines is 2.